The van der Waals surface area contributed by atoms with Gasteiger partial charge in [-0.1, -0.05) is 25.5 Å². The number of halogens is 1. The summed E-state index contributed by atoms with van der Waals surface area (Å²) in [6.45, 7) is 4.96. The summed E-state index contributed by atoms with van der Waals surface area (Å²) in [6, 6.07) is 6.39. The molecule has 1 heterocycles. The molecule has 2 rings (SSSR count). The fraction of sp³-hybridized carbons (Fsp3) is 0.562. The van der Waals surface area contributed by atoms with Gasteiger partial charge in [0, 0.05) is 24.0 Å². The van der Waals surface area contributed by atoms with E-state index < -0.39 is 0 Å². The van der Waals surface area contributed by atoms with Crippen molar-refractivity contribution in [3.8, 4) is 0 Å². The molecule has 0 spiro atoms. The Kier molecular flexibility index (Phi) is 4.87. The summed E-state index contributed by atoms with van der Waals surface area (Å²) in [4.78, 5) is 14.1. The van der Waals surface area contributed by atoms with Gasteiger partial charge in [0.15, 0.2) is 0 Å². The Hall–Kier alpha value is -1.02. The van der Waals surface area contributed by atoms with Crippen LogP contribution in [0.2, 0.25) is 0 Å². The molecule has 0 aliphatic carbocycles. The first-order valence-electron chi connectivity index (χ1n) is 7.18. The average Bonchev–Trinajstić information content (AvgIpc) is 2.78. The molecule has 0 fully saturated rings. The van der Waals surface area contributed by atoms with E-state index in [0.29, 0.717) is 6.42 Å². The molecule has 104 valence electrons. The highest BCUT2D eigenvalue weighted by molar-refractivity contribution is 6.20. The molecule has 0 bridgehead atoms. The van der Waals surface area contributed by atoms with Crippen LogP contribution in [0.15, 0.2) is 18.2 Å². The van der Waals surface area contributed by atoms with Crippen LogP contribution in [0.1, 0.15) is 44.2 Å². The number of carbonyl (C=O) groups is 1. The van der Waals surface area contributed by atoms with Crippen molar-refractivity contribution in [3.63, 3.8) is 0 Å². The molecular weight excluding hydrogens is 258 g/mol. The van der Waals surface area contributed by atoms with Gasteiger partial charge >= 0.3 is 0 Å². The van der Waals surface area contributed by atoms with Gasteiger partial charge in [-0.05, 0) is 43.4 Å². The number of benzene rings is 1. The lowest BCUT2D eigenvalue weighted by Crippen LogP contribution is -2.28. The van der Waals surface area contributed by atoms with Crippen molar-refractivity contribution in [1.29, 1.82) is 0 Å². The molecule has 19 heavy (non-hydrogen) atoms. The SMILES string of the molecule is CCCCC(=O)N1CCc2cc(CC(C)Cl)ccc21. The normalized spacial score (nSPS) is 15.4. The van der Waals surface area contributed by atoms with Crippen LogP contribution in [0, 0.1) is 0 Å². The summed E-state index contributed by atoms with van der Waals surface area (Å²) in [6.07, 6.45) is 4.57. The molecule has 0 saturated carbocycles. The number of rotatable bonds is 5. The van der Waals surface area contributed by atoms with Crippen LogP contribution >= 0.6 is 11.6 Å². The summed E-state index contributed by atoms with van der Waals surface area (Å²) in [5.41, 5.74) is 3.66. The van der Waals surface area contributed by atoms with Gasteiger partial charge < -0.3 is 4.90 Å². The van der Waals surface area contributed by atoms with Gasteiger partial charge in [0.25, 0.3) is 0 Å². The van der Waals surface area contributed by atoms with Gasteiger partial charge in [-0.15, -0.1) is 11.6 Å². The maximum atomic E-state index is 12.1. The van der Waals surface area contributed by atoms with Crippen molar-refractivity contribution in [3.05, 3.63) is 29.3 Å². The summed E-state index contributed by atoms with van der Waals surface area (Å²) in [5, 5.41) is 0.154. The highest BCUT2D eigenvalue weighted by Gasteiger charge is 2.24. The highest BCUT2D eigenvalue weighted by Crippen LogP contribution is 2.30. The van der Waals surface area contributed by atoms with Crippen LogP contribution in [0.3, 0.4) is 0 Å². The van der Waals surface area contributed by atoms with Crippen molar-refractivity contribution in [2.24, 2.45) is 0 Å². The van der Waals surface area contributed by atoms with Gasteiger partial charge in [-0.25, -0.2) is 0 Å². The lowest BCUT2D eigenvalue weighted by atomic mass is 10.0. The monoisotopic (exact) mass is 279 g/mol. The number of nitrogens with zero attached hydrogens (tertiary/aromatic N) is 1. The molecule has 0 N–H and O–H groups in total. The zero-order valence-corrected chi connectivity index (χ0v) is 12.5. The predicted octanol–water partition coefficient (Wildman–Crippen LogP) is 3.94. The third-order valence-electron chi connectivity index (χ3n) is 3.60. The number of unbranched alkanes of at least 4 members (excludes halogenated alkanes) is 1. The van der Waals surface area contributed by atoms with E-state index >= 15 is 0 Å². The predicted molar refractivity (Wildman–Crippen MR) is 81.0 cm³/mol. The van der Waals surface area contributed by atoms with E-state index in [1.165, 1.54) is 11.1 Å². The molecule has 0 radical (unpaired) electrons. The molecule has 2 nitrogen and oxygen atoms in total. The van der Waals surface area contributed by atoms with E-state index in [4.69, 9.17) is 11.6 Å². The largest absolute Gasteiger partial charge is 0.312 e. The zero-order valence-electron chi connectivity index (χ0n) is 11.8. The number of anilines is 1. The van der Waals surface area contributed by atoms with Gasteiger partial charge in [-0.2, -0.15) is 0 Å². The Labute approximate surface area is 120 Å². The van der Waals surface area contributed by atoms with Gasteiger partial charge in [-0.3, -0.25) is 4.79 Å². The molecule has 1 aromatic rings. The molecule has 0 saturated heterocycles. The highest BCUT2D eigenvalue weighted by atomic mass is 35.5. The summed E-state index contributed by atoms with van der Waals surface area (Å²) in [7, 11) is 0. The van der Waals surface area contributed by atoms with Crippen LogP contribution in [-0.4, -0.2) is 17.8 Å². The Morgan fingerprint density at radius 2 is 2.26 bits per heavy atom. The first kappa shape index (κ1) is 14.4. The lowest BCUT2D eigenvalue weighted by Gasteiger charge is -2.17. The maximum absolute atomic E-state index is 12.1. The molecule has 3 heteroatoms. The van der Waals surface area contributed by atoms with E-state index in [1.54, 1.807) is 0 Å². The molecule has 1 aromatic carbocycles. The summed E-state index contributed by atoms with van der Waals surface area (Å²) >= 11 is 6.04. The van der Waals surface area contributed by atoms with E-state index in [2.05, 4.69) is 25.1 Å². The Morgan fingerprint density at radius 1 is 1.47 bits per heavy atom. The Morgan fingerprint density at radius 3 is 2.95 bits per heavy atom. The minimum atomic E-state index is 0.154. The zero-order chi connectivity index (χ0) is 13.8. The van der Waals surface area contributed by atoms with Crippen LogP contribution in [-0.2, 0) is 17.6 Å². The average molecular weight is 280 g/mol. The number of carbonyl (C=O) groups excluding carboxylic acids is 1. The van der Waals surface area contributed by atoms with Crippen molar-refractivity contribution in [1.82, 2.24) is 0 Å². The topological polar surface area (TPSA) is 20.3 Å². The van der Waals surface area contributed by atoms with Crippen molar-refractivity contribution >= 4 is 23.2 Å². The molecule has 0 aromatic heterocycles. The second-order valence-corrected chi connectivity index (χ2v) is 6.09. The van der Waals surface area contributed by atoms with Gasteiger partial charge in [0.1, 0.15) is 0 Å². The van der Waals surface area contributed by atoms with E-state index in [0.717, 1.165) is 37.9 Å². The number of alkyl halides is 1. The fourth-order valence-electron chi connectivity index (χ4n) is 2.63. The summed E-state index contributed by atoms with van der Waals surface area (Å²) in [5.74, 6) is 0.263. The number of hydrogen-bond donors (Lipinski definition) is 0. The number of fused-ring (bicyclic) bond motifs is 1. The second-order valence-electron chi connectivity index (χ2n) is 5.35. The Balaban J connectivity index is 2.10. The van der Waals surface area contributed by atoms with Crippen LogP contribution in [0.5, 0.6) is 0 Å². The fourth-order valence-corrected chi connectivity index (χ4v) is 2.81. The van der Waals surface area contributed by atoms with E-state index in [1.807, 2.05) is 11.8 Å². The third kappa shape index (κ3) is 3.50. The third-order valence-corrected chi connectivity index (χ3v) is 3.76. The maximum Gasteiger partial charge on any atom is 0.226 e. The standard InChI is InChI=1S/C16H22ClNO/c1-3-4-5-16(19)18-9-8-14-11-13(10-12(2)17)6-7-15(14)18/h6-7,11-12H,3-5,8-10H2,1-2H3. The van der Waals surface area contributed by atoms with Crippen LogP contribution in [0.4, 0.5) is 5.69 Å². The quantitative estimate of drug-likeness (QED) is 0.748. The molecule has 1 aliphatic heterocycles. The van der Waals surface area contributed by atoms with Gasteiger partial charge in [0.2, 0.25) is 5.91 Å². The van der Waals surface area contributed by atoms with Crippen LogP contribution < -0.4 is 4.90 Å². The minimum Gasteiger partial charge on any atom is -0.312 e. The first-order chi connectivity index (χ1) is 9.11. The minimum absolute atomic E-state index is 0.154. The number of hydrogen-bond acceptors (Lipinski definition) is 1. The second kappa shape index (κ2) is 6.42. The lowest BCUT2D eigenvalue weighted by molar-refractivity contribution is -0.118. The molecular formula is C16H22ClNO. The van der Waals surface area contributed by atoms with Crippen molar-refractivity contribution in [2.75, 3.05) is 11.4 Å². The van der Waals surface area contributed by atoms with E-state index in [-0.39, 0.29) is 11.3 Å². The molecule has 1 atom stereocenters. The molecule has 1 amide bonds. The molecule has 1 aliphatic rings. The van der Waals surface area contributed by atoms with Crippen molar-refractivity contribution < 1.29 is 4.79 Å². The first-order valence-corrected chi connectivity index (χ1v) is 7.61. The molecule has 1 unspecified atom stereocenters. The van der Waals surface area contributed by atoms with Crippen LogP contribution in [0.25, 0.3) is 0 Å². The smallest absolute Gasteiger partial charge is 0.226 e. The van der Waals surface area contributed by atoms with Crippen molar-refractivity contribution in [2.45, 2.75) is 51.3 Å². The number of amides is 1. The van der Waals surface area contributed by atoms with E-state index in [9.17, 15) is 4.79 Å². The summed E-state index contributed by atoms with van der Waals surface area (Å²) < 4.78 is 0. The van der Waals surface area contributed by atoms with Gasteiger partial charge in [0.05, 0.1) is 0 Å². The Bertz CT molecular complexity index is 456.